The fraction of sp³-hybridized carbons (Fsp3) is 0.125. The fourth-order valence-corrected chi connectivity index (χ4v) is 2.16. The Morgan fingerprint density at radius 2 is 2.00 bits per heavy atom. The molecule has 7 nitrogen and oxygen atoms in total. The molecule has 0 aliphatic carbocycles. The molecule has 92 valence electrons. The molecule has 0 atom stereocenters. The number of hydrogen-bond acceptors (Lipinski definition) is 5. The van der Waals surface area contributed by atoms with Crippen molar-refractivity contribution in [3.8, 4) is 0 Å². The molecule has 0 bridgehead atoms. The van der Waals surface area contributed by atoms with Crippen LogP contribution in [0, 0.1) is 10.1 Å². The van der Waals surface area contributed by atoms with E-state index in [1.54, 1.807) is 0 Å². The number of nitro benzene ring substituents is 1. The molecule has 0 fully saturated rings. The Bertz CT molecular complexity index is 609. The van der Waals surface area contributed by atoms with Gasteiger partial charge < -0.3 is 5.11 Å². The van der Waals surface area contributed by atoms with Crippen molar-refractivity contribution in [3.63, 3.8) is 0 Å². The van der Waals surface area contributed by atoms with Crippen LogP contribution in [-0.4, -0.2) is 30.7 Å². The third-order valence-electron chi connectivity index (χ3n) is 1.88. The van der Waals surface area contributed by atoms with Crippen molar-refractivity contribution >= 4 is 33.1 Å². The van der Waals surface area contributed by atoms with Crippen molar-refractivity contribution in [1.29, 1.82) is 0 Å². The lowest BCUT2D eigenvalue weighted by Gasteiger charge is -2.04. The number of halogens is 1. The highest BCUT2D eigenvalue weighted by Crippen LogP contribution is 2.30. The molecule has 0 saturated carbocycles. The van der Waals surface area contributed by atoms with Crippen LogP contribution >= 0.6 is 11.6 Å². The average molecular weight is 280 g/mol. The lowest BCUT2D eigenvalue weighted by molar-refractivity contribution is -0.385. The number of carbonyl (C=O) groups is 1. The minimum absolute atomic E-state index is 0.404. The number of nitro groups is 1. The summed E-state index contributed by atoms with van der Waals surface area (Å²) in [6.45, 7) is 0. The van der Waals surface area contributed by atoms with Gasteiger partial charge in [0.1, 0.15) is 0 Å². The van der Waals surface area contributed by atoms with Crippen molar-refractivity contribution in [2.24, 2.45) is 0 Å². The molecule has 1 aromatic carbocycles. The predicted molar refractivity (Wildman–Crippen MR) is 58.2 cm³/mol. The second-order valence-electron chi connectivity index (χ2n) is 3.13. The second-order valence-corrected chi connectivity index (χ2v) is 5.56. The molecule has 0 radical (unpaired) electrons. The van der Waals surface area contributed by atoms with Gasteiger partial charge in [-0.15, -0.1) is 0 Å². The van der Waals surface area contributed by atoms with E-state index < -0.39 is 41.9 Å². The summed E-state index contributed by atoms with van der Waals surface area (Å²) in [7, 11) is -3.71. The van der Waals surface area contributed by atoms with Gasteiger partial charge in [-0.3, -0.25) is 10.1 Å². The lowest BCUT2D eigenvalue weighted by Crippen LogP contribution is -2.06. The Kier molecular flexibility index (Phi) is 3.39. The Balaban J connectivity index is 3.70. The first-order valence-corrected chi connectivity index (χ1v) is 6.33. The quantitative estimate of drug-likeness (QED) is 0.659. The number of aromatic carboxylic acids is 1. The summed E-state index contributed by atoms with van der Waals surface area (Å²) in [5.41, 5.74) is -1.59. The third kappa shape index (κ3) is 2.71. The van der Waals surface area contributed by atoms with E-state index in [-0.39, 0.29) is 0 Å². The smallest absolute Gasteiger partial charge is 0.344 e. The van der Waals surface area contributed by atoms with Crippen LogP contribution in [0.3, 0.4) is 0 Å². The number of benzene rings is 1. The molecule has 0 spiro atoms. The van der Waals surface area contributed by atoms with E-state index >= 15 is 0 Å². The summed E-state index contributed by atoms with van der Waals surface area (Å²) in [5.74, 6) is -1.60. The number of carboxylic acids is 1. The van der Waals surface area contributed by atoms with Gasteiger partial charge >= 0.3 is 5.97 Å². The Hall–Kier alpha value is -1.67. The van der Waals surface area contributed by atoms with E-state index in [1.165, 1.54) is 0 Å². The standard InChI is InChI=1S/C8H6ClNO6S/c1-17(15,16)4-2-5(9)7(8(11)12)6(3-4)10(13)14/h2-3H,1H3,(H,11,12). The minimum Gasteiger partial charge on any atom is -0.477 e. The van der Waals surface area contributed by atoms with Crippen molar-refractivity contribution in [2.45, 2.75) is 4.90 Å². The number of nitrogens with zero attached hydrogens (tertiary/aromatic N) is 1. The molecule has 1 N–H and O–H groups in total. The van der Waals surface area contributed by atoms with E-state index in [0.29, 0.717) is 6.07 Å². The van der Waals surface area contributed by atoms with Crippen molar-refractivity contribution < 1.29 is 23.2 Å². The third-order valence-corrected chi connectivity index (χ3v) is 3.27. The monoisotopic (exact) mass is 279 g/mol. The SMILES string of the molecule is CS(=O)(=O)c1cc(Cl)c(C(=O)O)c([N+](=O)[O-])c1. The number of hydrogen-bond donors (Lipinski definition) is 1. The molecule has 0 aliphatic rings. The van der Waals surface area contributed by atoms with E-state index in [0.717, 1.165) is 12.3 Å². The van der Waals surface area contributed by atoms with Crippen molar-refractivity contribution in [2.75, 3.05) is 6.26 Å². The van der Waals surface area contributed by atoms with Crippen LogP contribution in [0.1, 0.15) is 10.4 Å². The van der Waals surface area contributed by atoms with Crippen molar-refractivity contribution in [3.05, 3.63) is 32.8 Å². The van der Waals surface area contributed by atoms with Crippen LogP contribution in [0.5, 0.6) is 0 Å². The maximum absolute atomic E-state index is 11.2. The summed E-state index contributed by atoms with van der Waals surface area (Å²) in [4.78, 5) is 20.0. The molecular formula is C8H6ClNO6S. The fourth-order valence-electron chi connectivity index (χ4n) is 1.14. The largest absolute Gasteiger partial charge is 0.477 e. The number of carboxylic acid groups (broad SMARTS) is 1. The Morgan fingerprint density at radius 3 is 2.35 bits per heavy atom. The van der Waals surface area contributed by atoms with Gasteiger partial charge in [0, 0.05) is 12.3 Å². The van der Waals surface area contributed by atoms with Gasteiger partial charge in [-0.1, -0.05) is 11.6 Å². The molecule has 1 rings (SSSR count). The summed E-state index contributed by atoms with van der Waals surface area (Å²) < 4.78 is 22.4. The Labute approximate surface area is 101 Å². The van der Waals surface area contributed by atoms with Gasteiger partial charge in [-0.05, 0) is 6.07 Å². The van der Waals surface area contributed by atoms with Gasteiger partial charge in [0.15, 0.2) is 15.4 Å². The first kappa shape index (κ1) is 13.4. The Morgan fingerprint density at radius 1 is 1.47 bits per heavy atom. The van der Waals surface area contributed by atoms with Gasteiger partial charge in [0.25, 0.3) is 5.69 Å². The second kappa shape index (κ2) is 4.30. The van der Waals surface area contributed by atoms with Crippen molar-refractivity contribution in [1.82, 2.24) is 0 Å². The van der Waals surface area contributed by atoms with Gasteiger partial charge in [0.2, 0.25) is 0 Å². The molecule has 17 heavy (non-hydrogen) atoms. The average Bonchev–Trinajstić information content (AvgIpc) is 2.13. The van der Waals surface area contributed by atoms with Crippen LogP contribution < -0.4 is 0 Å². The van der Waals surface area contributed by atoms with Gasteiger partial charge in [-0.2, -0.15) is 0 Å². The first-order valence-electron chi connectivity index (χ1n) is 4.06. The van der Waals surface area contributed by atoms with Gasteiger partial charge in [-0.25, -0.2) is 13.2 Å². The molecule has 0 heterocycles. The molecular weight excluding hydrogens is 274 g/mol. The van der Waals surface area contributed by atoms with Crippen LogP contribution in [0.4, 0.5) is 5.69 Å². The first-order chi connectivity index (χ1) is 7.64. The zero-order valence-corrected chi connectivity index (χ0v) is 9.95. The van der Waals surface area contributed by atoms with Gasteiger partial charge in [0.05, 0.1) is 14.8 Å². The normalized spacial score (nSPS) is 11.2. The summed E-state index contributed by atoms with van der Waals surface area (Å²) in [6, 6.07) is 1.54. The van der Waals surface area contributed by atoms with E-state index in [2.05, 4.69) is 0 Å². The molecule has 0 amide bonds. The highest BCUT2D eigenvalue weighted by atomic mass is 35.5. The number of rotatable bonds is 3. The molecule has 0 aliphatic heterocycles. The lowest BCUT2D eigenvalue weighted by atomic mass is 10.2. The van der Waals surface area contributed by atoms with Crippen LogP contribution in [-0.2, 0) is 9.84 Å². The number of sulfone groups is 1. The summed E-state index contributed by atoms with van der Waals surface area (Å²) >= 11 is 5.53. The molecule has 0 unspecified atom stereocenters. The zero-order chi connectivity index (χ0) is 13.4. The predicted octanol–water partition coefficient (Wildman–Crippen LogP) is 1.35. The maximum Gasteiger partial charge on any atom is 0.344 e. The van der Waals surface area contributed by atoms with Crippen LogP contribution in [0.15, 0.2) is 17.0 Å². The maximum atomic E-state index is 11.2. The summed E-state index contributed by atoms with van der Waals surface area (Å²) in [5, 5.41) is 18.9. The molecule has 0 aromatic heterocycles. The van der Waals surface area contributed by atoms with E-state index in [9.17, 15) is 23.3 Å². The summed E-state index contributed by atoms with van der Waals surface area (Å²) in [6.07, 6.45) is 0.836. The topological polar surface area (TPSA) is 115 Å². The highest BCUT2D eigenvalue weighted by Gasteiger charge is 2.26. The van der Waals surface area contributed by atoms with Crippen LogP contribution in [0.2, 0.25) is 5.02 Å². The van der Waals surface area contributed by atoms with E-state index in [4.69, 9.17) is 16.7 Å². The zero-order valence-electron chi connectivity index (χ0n) is 8.38. The van der Waals surface area contributed by atoms with E-state index in [1.807, 2.05) is 0 Å². The highest BCUT2D eigenvalue weighted by molar-refractivity contribution is 7.90. The minimum atomic E-state index is -3.71. The molecule has 1 aromatic rings. The molecule has 0 saturated heterocycles. The van der Waals surface area contributed by atoms with Crippen LogP contribution in [0.25, 0.3) is 0 Å². The molecule has 9 heteroatoms.